The van der Waals surface area contributed by atoms with Gasteiger partial charge in [-0.05, 0) is 19.1 Å². The number of ether oxygens (including phenoxy) is 1. The van der Waals surface area contributed by atoms with E-state index in [0.717, 1.165) is 5.69 Å². The average molecular weight is 374 g/mol. The predicted octanol–water partition coefficient (Wildman–Crippen LogP) is 2.67. The van der Waals surface area contributed by atoms with Crippen LogP contribution in [-0.4, -0.2) is 47.2 Å². The Kier molecular flexibility index (Phi) is 4.44. The summed E-state index contributed by atoms with van der Waals surface area (Å²) < 4.78 is 11.1. The minimum atomic E-state index is -0.410. The molecule has 1 fully saturated rings. The molecule has 0 aromatic carbocycles. The topological polar surface area (TPSA) is 93.4 Å². The maximum Gasteiger partial charge on any atom is 0.300 e. The number of carbonyl (C=O) groups is 1. The van der Waals surface area contributed by atoms with Gasteiger partial charge in [-0.3, -0.25) is 4.79 Å². The van der Waals surface area contributed by atoms with E-state index in [1.165, 1.54) is 0 Å². The number of carbonyl (C=O) groups excluding carboxylic acids is 1. The first-order valence-corrected chi connectivity index (χ1v) is 8.53. The summed E-state index contributed by atoms with van der Waals surface area (Å²) in [5, 5.41) is 2.77. The number of anilines is 2. The fourth-order valence-corrected chi connectivity index (χ4v) is 2.90. The summed E-state index contributed by atoms with van der Waals surface area (Å²) in [7, 11) is 0. The van der Waals surface area contributed by atoms with E-state index in [0.29, 0.717) is 49.4 Å². The molecule has 1 saturated heterocycles. The third kappa shape index (κ3) is 3.33. The molecule has 8 nitrogen and oxygen atoms in total. The Balaban J connectivity index is 1.62. The van der Waals surface area contributed by atoms with Crippen molar-refractivity contribution in [2.24, 2.45) is 0 Å². The second kappa shape index (κ2) is 6.89. The highest BCUT2D eigenvalue weighted by Crippen LogP contribution is 2.26. The van der Waals surface area contributed by atoms with Crippen LogP contribution in [0.3, 0.4) is 0 Å². The number of nitrogens with one attached hydrogen (secondary N) is 1. The first-order chi connectivity index (χ1) is 12.6. The molecule has 134 valence electrons. The highest BCUT2D eigenvalue weighted by atomic mass is 35.5. The van der Waals surface area contributed by atoms with E-state index < -0.39 is 5.91 Å². The van der Waals surface area contributed by atoms with Crippen LogP contribution in [0.5, 0.6) is 0 Å². The first-order valence-electron chi connectivity index (χ1n) is 8.15. The zero-order valence-corrected chi connectivity index (χ0v) is 14.8. The molecule has 0 unspecified atom stereocenters. The van der Waals surface area contributed by atoms with Gasteiger partial charge in [0.15, 0.2) is 5.58 Å². The molecule has 3 aromatic heterocycles. The van der Waals surface area contributed by atoms with Crippen molar-refractivity contribution in [3.63, 3.8) is 0 Å². The molecule has 0 radical (unpaired) electrons. The number of morpholine rings is 1. The summed E-state index contributed by atoms with van der Waals surface area (Å²) in [5.74, 6) is 0.0320. The number of amides is 1. The van der Waals surface area contributed by atoms with Gasteiger partial charge in [-0.15, -0.1) is 0 Å². The van der Waals surface area contributed by atoms with Crippen LogP contribution in [-0.2, 0) is 4.74 Å². The lowest BCUT2D eigenvalue weighted by Gasteiger charge is -2.24. The van der Waals surface area contributed by atoms with Gasteiger partial charge in [0.05, 0.1) is 18.8 Å². The van der Waals surface area contributed by atoms with Crippen LogP contribution in [0.25, 0.3) is 11.2 Å². The number of hydrogen-bond donors (Lipinski definition) is 1. The Morgan fingerprint density at radius 1 is 1.23 bits per heavy atom. The van der Waals surface area contributed by atoms with Gasteiger partial charge in [-0.1, -0.05) is 17.7 Å². The number of hydrogen-bond acceptors (Lipinski definition) is 7. The summed E-state index contributed by atoms with van der Waals surface area (Å²) >= 11 is 6.18. The predicted molar refractivity (Wildman–Crippen MR) is 96.8 cm³/mol. The lowest BCUT2D eigenvalue weighted by molar-refractivity contribution is 0.102. The average Bonchev–Trinajstić information content (AvgIpc) is 3.04. The van der Waals surface area contributed by atoms with Crippen LogP contribution >= 0.6 is 11.6 Å². The molecule has 0 aliphatic carbocycles. The van der Waals surface area contributed by atoms with Crippen LogP contribution in [0.15, 0.2) is 28.7 Å². The number of aryl methyl sites for hydroxylation is 1. The third-order valence-electron chi connectivity index (χ3n) is 3.98. The van der Waals surface area contributed by atoms with Crippen molar-refractivity contribution in [2.45, 2.75) is 6.92 Å². The molecule has 0 atom stereocenters. The summed E-state index contributed by atoms with van der Waals surface area (Å²) in [5.41, 5.74) is 1.76. The zero-order chi connectivity index (χ0) is 18.1. The van der Waals surface area contributed by atoms with Crippen molar-refractivity contribution in [2.75, 3.05) is 36.5 Å². The number of nitrogens with zero attached hydrogens (tertiary/aromatic N) is 4. The summed E-state index contributed by atoms with van der Waals surface area (Å²) in [6.07, 6.45) is 0. The third-order valence-corrected chi connectivity index (χ3v) is 4.27. The number of pyridine rings is 2. The van der Waals surface area contributed by atoms with Gasteiger partial charge in [-0.25, -0.2) is 9.97 Å². The SMILES string of the molecule is Cc1cccc(NC(=O)c2cc3oc(N4CCOCC4)nc3nc2Cl)n1. The Labute approximate surface area is 154 Å². The van der Waals surface area contributed by atoms with Crippen LogP contribution in [0, 0.1) is 6.92 Å². The number of halogens is 1. The maximum absolute atomic E-state index is 12.5. The van der Waals surface area contributed by atoms with Crippen molar-refractivity contribution in [1.82, 2.24) is 15.0 Å². The fraction of sp³-hybridized carbons (Fsp3) is 0.294. The molecule has 3 aromatic rings. The van der Waals surface area contributed by atoms with Crippen LogP contribution in [0.2, 0.25) is 5.15 Å². The van der Waals surface area contributed by atoms with E-state index in [9.17, 15) is 4.79 Å². The molecule has 1 amide bonds. The smallest absolute Gasteiger partial charge is 0.300 e. The quantitative estimate of drug-likeness (QED) is 0.705. The van der Waals surface area contributed by atoms with Gasteiger partial charge in [0.1, 0.15) is 11.0 Å². The Morgan fingerprint density at radius 2 is 2.04 bits per heavy atom. The molecule has 0 spiro atoms. The van der Waals surface area contributed by atoms with E-state index in [1.807, 2.05) is 24.0 Å². The largest absolute Gasteiger partial charge is 0.422 e. The normalized spacial score (nSPS) is 14.6. The minimum Gasteiger partial charge on any atom is -0.422 e. The standard InChI is InChI=1S/C17H16ClN5O3/c1-10-3-2-4-13(19-10)20-16(24)11-9-12-15(21-14(11)18)22-17(26-12)23-5-7-25-8-6-23/h2-4,9H,5-8H2,1H3,(H,19,20,24). The van der Waals surface area contributed by atoms with Gasteiger partial charge in [0, 0.05) is 24.8 Å². The second-order valence-electron chi connectivity index (χ2n) is 5.86. The zero-order valence-electron chi connectivity index (χ0n) is 14.0. The Hall–Kier alpha value is -2.71. The number of oxazole rings is 1. The van der Waals surface area contributed by atoms with E-state index in [1.54, 1.807) is 12.1 Å². The Bertz CT molecular complexity index is 968. The summed E-state index contributed by atoms with van der Waals surface area (Å²) in [6, 6.07) is 7.36. The van der Waals surface area contributed by atoms with Crippen molar-refractivity contribution >= 4 is 40.6 Å². The lowest BCUT2D eigenvalue weighted by atomic mass is 10.2. The molecule has 26 heavy (non-hydrogen) atoms. The monoisotopic (exact) mass is 373 g/mol. The van der Waals surface area contributed by atoms with E-state index >= 15 is 0 Å². The van der Waals surface area contributed by atoms with Gasteiger partial charge in [0.2, 0.25) is 5.65 Å². The lowest BCUT2D eigenvalue weighted by Crippen LogP contribution is -2.36. The molecule has 1 N–H and O–H groups in total. The van der Waals surface area contributed by atoms with E-state index in [-0.39, 0.29) is 10.7 Å². The van der Waals surface area contributed by atoms with Gasteiger partial charge in [0.25, 0.3) is 11.9 Å². The van der Waals surface area contributed by atoms with Crippen molar-refractivity contribution in [1.29, 1.82) is 0 Å². The summed E-state index contributed by atoms with van der Waals surface area (Å²) in [4.78, 5) is 27.3. The van der Waals surface area contributed by atoms with Crippen LogP contribution in [0.4, 0.5) is 11.8 Å². The fourth-order valence-electron chi connectivity index (χ4n) is 2.68. The number of aromatic nitrogens is 3. The van der Waals surface area contributed by atoms with Crippen molar-refractivity contribution < 1.29 is 13.9 Å². The summed E-state index contributed by atoms with van der Waals surface area (Å²) in [6.45, 7) is 4.45. The number of fused-ring (bicyclic) bond motifs is 1. The molecule has 0 saturated carbocycles. The molecular weight excluding hydrogens is 358 g/mol. The van der Waals surface area contributed by atoms with Gasteiger partial charge < -0.3 is 19.4 Å². The molecule has 4 rings (SSSR count). The molecule has 9 heteroatoms. The highest BCUT2D eigenvalue weighted by molar-refractivity contribution is 6.33. The minimum absolute atomic E-state index is 0.0597. The molecule has 0 bridgehead atoms. The molecule has 1 aliphatic heterocycles. The molecular formula is C17H16ClN5O3. The Morgan fingerprint density at radius 3 is 2.81 bits per heavy atom. The van der Waals surface area contributed by atoms with Crippen LogP contribution in [0.1, 0.15) is 16.1 Å². The van der Waals surface area contributed by atoms with E-state index in [4.69, 9.17) is 20.8 Å². The van der Waals surface area contributed by atoms with Gasteiger partial charge >= 0.3 is 0 Å². The second-order valence-corrected chi connectivity index (χ2v) is 6.22. The highest BCUT2D eigenvalue weighted by Gasteiger charge is 2.21. The van der Waals surface area contributed by atoms with Crippen molar-refractivity contribution in [3.05, 3.63) is 40.7 Å². The molecule has 4 heterocycles. The van der Waals surface area contributed by atoms with Crippen molar-refractivity contribution in [3.8, 4) is 0 Å². The van der Waals surface area contributed by atoms with Crippen LogP contribution < -0.4 is 10.2 Å². The van der Waals surface area contributed by atoms with Gasteiger partial charge in [-0.2, -0.15) is 4.98 Å². The molecule has 1 aliphatic rings. The maximum atomic E-state index is 12.5. The first kappa shape index (κ1) is 16.7. The number of rotatable bonds is 3. The van der Waals surface area contributed by atoms with E-state index in [2.05, 4.69) is 20.3 Å².